The number of carbonyl (C=O) groups excluding carboxylic acids is 1. The largest absolute Gasteiger partial charge is 0.469 e. The summed E-state index contributed by atoms with van der Waals surface area (Å²) in [5, 5.41) is 0. The van der Waals surface area contributed by atoms with Gasteiger partial charge < -0.3 is 15.2 Å². The van der Waals surface area contributed by atoms with Crippen LogP contribution in [0.1, 0.15) is 33.1 Å². The van der Waals surface area contributed by atoms with Crippen LogP contribution in [0.3, 0.4) is 0 Å². The van der Waals surface area contributed by atoms with Crippen LogP contribution in [0, 0.1) is 0 Å². The molecule has 0 aliphatic rings. The highest BCUT2D eigenvalue weighted by Gasteiger charge is 2.20. The zero-order chi connectivity index (χ0) is 11.2. The fraction of sp³-hybridized carbons (Fsp3) is 0.900. The molecule has 0 saturated carbocycles. The van der Waals surface area contributed by atoms with Crippen molar-refractivity contribution >= 4 is 5.97 Å². The maximum absolute atomic E-state index is 10.8. The first kappa shape index (κ1) is 13.4. The topological polar surface area (TPSA) is 61.5 Å². The van der Waals surface area contributed by atoms with Crippen LogP contribution in [0.2, 0.25) is 0 Å². The molecule has 0 aromatic carbocycles. The number of carbonyl (C=O) groups is 1. The molecule has 0 aliphatic carbocycles. The van der Waals surface area contributed by atoms with Crippen LogP contribution in [0.5, 0.6) is 0 Å². The lowest BCUT2D eigenvalue weighted by atomic mass is 9.96. The van der Waals surface area contributed by atoms with Crippen molar-refractivity contribution in [2.45, 2.75) is 44.8 Å². The van der Waals surface area contributed by atoms with E-state index < -0.39 is 0 Å². The highest BCUT2D eigenvalue weighted by atomic mass is 16.5. The fourth-order valence-corrected chi connectivity index (χ4v) is 1.22. The second kappa shape index (κ2) is 5.98. The number of ether oxygens (including phenoxy) is 2. The molecule has 0 bridgehead atoms. The van der Waals surface area contributed by atoms with E-state index in [1.807, 2.05) is 13.8 Å². The van der Waals surface area contributed by atoms with Crippen LogP contribution in [0.25, 0.3) is 0 Å². The van der Waals surface area contributed by atoms with E-state index in [0.29, 0.717) is 12.8 Å². The fourth-order valence-electron chi connectivity index (χ4n) is 1.22. The van der Waals surface area contributed by atoms with E-state index in [1.54, 1.807) is 7.11 Å². The quantitative estimate of drug-likeness (QED) is 0.656. The zero-order valence-electron chi connectivity index (χ0n) is 9.50. The molecule has 4 nitrogen and oxygen atoms in total. The summed E-state index contributed by atoms with van der Waals surface area (Å²) in [5.41, 5.74) is 5.62. The van der Waals surface area contributed by atoms with Gasteiger partial charge in [0, 0.05) is 19.6 Å². The summed E-state index contributed by atoms with van der Waals surface area (Å²) in [4.78, 5) is 10.8. The summed E-state index contributed by atoms with van der Waals surface area (Å²) >= 11 is 0. The second-order valence-electron chi connectivity index (χ2n) is 4.04. The monoisotopic (exact) mass is 203 g/mol. The van der Waals surface area contributed by atoms with E-state index in [0.717, 1.165) is 6.42 Å². The molecule has 0 rings (SSSR count). The molecule has 0 fully saturated rings. The highest BCUT2D eigenvalue weighted by molar-refractivity contribution is 5.69. The van der Waals surface area contributed by atoms with E-state index >= 15 is 0 Å². The maximum atomic E-state index is 10.8. The lowest BCUT2D eigenvalue weighted by Gasteiger charge is -2.26. The van der Waals surface area contributed by atoms with Crippen molar-refractivity contribution in [3.8, 4) is 0 Å². The smallest absolute Gasteiger partial charge is 0.305 e. The average Bonchev–Trinajstić information content (AvgIpc) is 2.13. The molecule has 0 saturated heterocycles. The predicted octanol–water partition coefficient (Wildman–Crippen LogP) is 1.08. The van der Waals surface area contributed by atoms with Gasteiger partial charge in [0.05, 0.1) is 12.7 Å². The van der Waals surface area contributed by atoms with Gasteiger partial charge in [0.2, 0.25) is 0 Å². The van der Waals surface area contributed by atoms with Gasteiger partial charge in [-0.1, -0.05) is 0 Å². The molecule has 1 atom stereocenters. The van der Waals surface area contributed by atoms with Gasteiger partial charge in [-0.3, -0.25) is 4.79 Å². The normalized spacial score (nSPS) is 13.8. The van der Waals surface area contributed by atoms with E-state index in [2.05, 4.69) is 4.74 Å². The van der Waals surface area contributed by atoms with Gasteiger partial charge in [0.1, 0.15) is 0 Å². The lowest BCUT2D eigenvalue weighted by Crippen LogP contribution is -2.34. The Morgan fingerprint density at radius 2 is 2.00 bits per heavy atom. The number of nitrogens with two attached hydrogens (primary N) is 1. The maximum Gasteiger partial charge on any atom is 0.305 e. The first-order chi connectivity index (χ1) is 6.41. The SMILES string of the molecule is COC(=O)CCC(N)CC(C)(C)OC. The molecule has 1 unspecified atom stereocenters. The third kappa shape index (κ3) is 5.94. The molecule has 84 valence electrons. The summed E-state index contributed by atoms with van der Waals surface area (Å²) < 4.78 is 9.78. The van der Waals surface area contributed by atoms with Crippen LogP contribution in [-0.2, 0) is 14.3 Å². The van der Waals surface area contributed by atoms with Gasteiger partial charge in [0.15, 0.2) is 0 Å². The predicted molar refractivity (Wildman–Crippen MR) is 54.9 cm³/mol. The van der Waals surface area contributed by atoms with E-state index in [9.17, 15) is 4.79 Å². The van der Waals surface area contributed by atoms with Gasteiger partial charge in [-0.2, -0.15) is 0 Å². The van der Waals surface area contributed by atoms with Crippen molar-refractivity contribution in [1.82, 2.24) is 0 Å². The van der Waals surface area contributed by atoms with Crippen molar-refractivity contribution in [3.63, 3.8) is 0 Å². The first-order valence-corrected chi connectivity index (χ1v) is 4.79. The van der Waals surface area contributed by atoms with E-state index in [-0.39, 0.29) is 17.6 Å². The number of methoxy groups -OCH3 is 2. The molecule has 0 heterocycles. The molecule has 0 spiro atoms. The number of rotatable bonds is 6. The van der Waals surface area contributed by atoms with Crippen LogP contribution < -0.4 is 5.73 Å². The Morgan fingerprint density at radius 3 is 2.43 bits per heavy atom. The average molecular weight is 203 g/mol. The van der Waals surface area contributed by atoms with Gasteiger partial charge in [-0.15, -0.1) is 0 Å². The second-order valence-corrected chi connectivity index (χ2v) is 4.04. The minimum atomic E-state index is -0.227. The molecule has 14 heavy (non-hydrogen) atoms. The Labute approximate surface area is 85.8 Å². The van der Waals surface area contributed by atoms with Crippen LogP contribution in [-0.4, -0.2) is 31.8 Å². The van der Waals surface area contributed by atoms with Gasteiger partial charge in [-0.05, 0) is 26.7 Å². The minimum absolute atomic E-state index is 0.0240. The summed E-state index contributed by atoms with van der Waals surface area (Å²) in [6.45, 7) is 3.95. The summed E-state index contributed by atoms with van der Waals surface area (Å²) in [6, 6.07) is -0.0240. The van der Waals surface area contributed by atoms with Crippen molar-refractivity contribution in [2.24, 2.45) is 5.73 Å². The Bertz CT molecular complexity index is 180. The first-order valence-electron chi connectivity index (χ1n) is 4.79. The third-order valence-corrected chi connectivity index (χ3v) is 2.25. The Balaban J connectivity index is 3.75. The standard InChI is InChI=1S/C10H21NO3/c1-10(2,14-4)7-8(11)5-6-9(12)13-3/h8H,5-7,11H2,1-4H3. The van der Waals surface area contributed by atoms with Crippen LogP contribution in [0.15, 0.2) is 0 Å². The number of esters is 1. The number of hydrogen-bond donors (Lipinski definition) is 1. The van der Waals surface area contributed by atoms with Crippen LogP contribution in [0.4, 0.5) is 0 Å². The van der Waals surface area contributed by atoms with Gasteiger partial charge >= 0.3 is 5.97 Å². The summed E-state index contributed by atoms with van der Waals surface area (Å²) in [5.74, 6) is -0.212. The summed E-state index contributed by atoms with van der Waals surface area (Å²) in [6.07, 6.45) is 1.75. The molecule has 2 N–H and O–H groups in total. The van der Waals surface area contributed by atoms with E-state index in [4.69, 9.17) is 10.5 Å². The minimum Gasteiger partial charge on any atom is -0.469 e. The molecule has 0 aromatic heterocycles. The molecular formula is C10H21NO3. The Kier molecular flexibility index (Phi) is 5.72. The summed E-state index contributed by atoms with van der Waals surface area (Å²) in [7, 11) is 3.04. The number of hydrogen-bond acceptors (Lipinski definition) is 4. The van der Waals surface area contributed by atoms with Crippen molar-refractivity contribution in [2.75, 3.05) is 14.2 Å². The molecule has 0 radical (unpaired) electrons. The van der Waals surface area contributed by atoms with Gasteiger partial charge in [0.25, 0.3) is 0 Å². The molecule has 0 aliphatic heterocycles. The van der Waals surface area contributed by atoms with Crippen molar-refractivity contribution < 1.29 is 14.3 Å². The lowest BCUT2D eigenvalue weighted by molar-refractivity contribution is -0.140. The Hall–Kier alpha value is -0.610. The van der Waals surface area contributed by atoms with Crippen LogP contribution >= 0.6 is 0 Å². The third-order valence-electron chi connectivity index (χ3n) is 2.25. The molecule has 0 amide bonds. The van der Waals surface area contributed by atoms with E-state index in [1.165, 1.54) is 7.11 Å². The molecule has 0 aromatic rings. The molecule has 4 heteroatoms. The van der Waals surface area contributed by atoms with Crippen molar-refractivity contribution in [1.29, 1.82) is 0 Å². The van der Waals surface area contributed by atoms with Crippen molar-refractivity contribution in [3.05, 3.63) is 0 Å². The Morgan fingerprint density at radius 1 is 1.43 bits per heavy atom. The molecular weight excluding hydrogens is 182 g/mol. The highest BCUT2D eigenvalue weighted by Crippen LogP contribution is 2.16. The zero-order valence-corrected chi connectivity index (χ0v) is 9.50. The van der Waals surface area contributed by atoms with Gasteiger partial charge in [-0.25, -0.2) is 0 Å².